The number of hydrogen-bond acceptors (Lipinski definition) is 4. The van der Waals surface area contributed by atoms with Crippen LogP contribution in [0.5, 0.6) is 0 Å². The van der Waals surface area contributed by atoms with Gasteiger partial charge in [0.1, 0.15) is 17.4 Å². The molecule has 2 atom stereocenters. The van der Waals surface area contributed by atoms with Crippen molar-refractivity contribution in [1.29, 1.82) is 0 Å². The highest BCUT2D eigenvalue weighted by atomic mass is 16.3. The lowest BCUT2D eigenvalue weighted by molar-refractivity contribution is -0.133. The highest BCUT2D eigenvalue weighted by Crippen LogP contribution is 2.49. The van der Waals surface area contributed by atoms with Gasteiger partial charge >= 0.3 is 0 Å². The van der Waals surface area contributed by atoms with Crippen LogP contribution >= 0.6 is 0 Å². The fourth-order valence-corrected chi connectivity index (χ4v) is 4.35. The Morgan fingerprint density at radius 3 is 2.88 bits per heavy atom. The smallest absolute Gasteiger partial charge is 0.226 e. The van der Waals surface area contributed by atoms with E-state index < -0.39 is 0 Å². The minimum absolute atomic E-state index is 0.130. The Bertz CT molecular complexity index is 743. The highest BCUT2D eigenvalue weighted by molar-refractivity contribution is 5.83. The maximum absolute atomic E-state index is 12.7. The van der Waals surface area contributed by atoms with Crippen molar-refractivity contribution < 1.29 is 9.21 Å². The van der Waals surface area contributed by atoms with E-state index in [4.69, 9.17) is 4.42 Å². The lowest BCUT2D eigenvalue weighted by Gasteiger charge is -2.31. The SMILES string of the molecule is O=C([C@@H]1C[C@@H]1c1ccco1)N1CCC(c2nnc3n2CCC3)CC1. The average molecular weight is 326 g/mol. The third-order valence-corrected chi connectivity index (χ3v) is 5.83. The van der Waals surface area contributed by atoms with Crippen molar-refractivity contribution in [2.75, 3.05) is 13.1 Å². The Hall–Kier alpha value is -2.11. The van der Waals surface area contributed by atoms with Crippen LogP contribution in [0, 0.1) is 5.92 Å². The minimum Gasteiger partial charge on any atom is -0.469 e. The van der Waals surface area contributed by atoms with Crippen molar-refractivity contribution >= 4 is 5.91 Å². The van der Waals surface area contributed by atoms with Crippen LogP contribution < -0.4 is 0 Å². The fraction of sp³-hybridized carbons (Fsp3) is 0.611. The average Bonchev–Trinajstić information content (AvgIpc) is 3.02. The Balaban J connectivity index is 1.21. The van der Waals surface area contributed by atoms with E-state index in [1.165, 1.54) is 6.42 Å². The monoisotopic (exact) mass is 326 g/mol. The van der Waals surface area contributed by atoms with Crippen LogP contribution in [0.2, 0.25) is 0 Å². The summed E-state index contributed by atoms with van der Waals surface area (Å²) in [5.74, 6) is 4.43. The molecule has 0 radical (unpaired) electrons. The molecule has 3 aliphatic rings. The standard InChI is InChI=1S/C18H22N4O2/c23-18(14-11-13(14)15-3-2-10-24-15)21-8-5-12(6-9-21)17-20-19-16-4-1-7-22(16)17/h2-3,10,12-14H,1,4-9,11H2/t13-,14+/m0/s1. The van der Waals surface area contributed by atoms with E-state index in [0.717, 1.165) is 62.7 Å². The van der Waals surface area contributed by atoms with Gasteiger partial charge in [0.05, 0.1) is 6.26 Å². The van der Waals surface area contributed by atoms with Crippen molar-refractivity contribution in [3.8, 4) is 0 Å². The molecule has 0 aromatic carbocycles. The Morgan fingerprint density at radius 2 is 2.08 bits per heavy atom. The second-order valence-corrected chi connectivity index (χ2v) is 7.29. The molecule has 1 saturated heterocycles. The molecule has 24 heavy (non-hydrogen) atoms. The van der Waals surface area contributed by atoms with Crippen molar-refractivity contribution in [3.05, 3.63) is 35.8 Å². The maximum atomic E-state index is 12.7. The largest absolute Gasteiger partial charge is 0.469 e. The summed E-state index contributed by atoms with van der Waals surface area (Å²) in [6, 6.07) is 3.88. The molecule has 6 nitrogen and oxygen atoms in total. The van der Waals surface area contributed by atoms with Gasteiger partial charge in [-0.25, -0.2) is 0 Å². The molecular formula is C18H22N4O2. The van der Waals surface area contributed by atoms with Crippen LogP contribution in [0.4, 0.5) is 0 Å². The second kappa shape index (κ2) is 5.46. The number of hydrogen-bond donors (Lipinski definition) is 0. The third-order valence-electron chi connectivity index (χ3n) is 5.83. The topological polar surface area (TPSA) is 64.2 Å². The second-order valence-electron chi connectivity index (χ2n) is 7.29. The first kappa shape index (κ1) is 14.3. The number of nitrogens with zero attached hydrogens (tertiary/aromatic N) is 4. The lowest BCUT2D eigenvalue weighted by Crippen LogP contribution is -2.39. The molecule has 2 aromatic rings. The molecule has 2 aromatic heterocycles. The van der Waals surface area contributed by atoms with Crippen LogP contribution in [0.25, 0.3) is 0 Å². The first-order valence-electron chi connectivity index (χ1n) is 9.05. The van der Waals surface area contributed by atoms with Crippen molar-refractivity contribution in [2.45, 2.75) is 50.5 Å². The molecule has 126 valence electrons. The van der Waals surface area contributed by atoms with Crippen LogP contribution in [0.3, 0.4) is 0 Å². The zero-order valence-electron chi connectivity index (χ0n) is 13.7. The summed E-state index contributed by atoms with van der Waals surface area (Å²) in [4.78, 5) is 14.7. The predicted molar refractivity (Wildman–Crippen MR) is 86.5 cm³/mol. The van der Waals surface area contributed by atoms with Crippen LogP contribution in [-0.2, 0) is 17.8 Å². The summed E-state index contributed by atoms with van der Waals surface area (Å²) < 4.78 is 7.75. The minimum atomic E-state index is 0.130. The van der Waals surface area contributed by atoms with Gasteiger partial charge in [0.2, 0.25) is 5.91 Å². The summed E-state index contributed by atoms with van der Waals surface area (Å²) in [6.45, 7) is 2.74. The maximum Gasteiger partial charge on any atom is 0.226 e. The molecule has 0 spiro atoms. The number of fused-ring (bicyclic) bond motifs is 1. The molecule has 0 N–H and O–H groups in total. The van der Waals surface area contributed by atoms with Gasteiger partial charge in [0.25, 0.3) is 0 Å². The number of furan rings is 1. The lowest BCUT2D eigenvalue weighted by atomic mass is 9.95. The number of piperidine rings is 1. The summed E-state index contributed by atoms with van der Waals surface area (Å²) >= 11 is 0. The van der Waals surface area contributed by atoms with Crippen molar-refractivity contribution in [1.82, 2.24) is 19.7 Å². The van der Waals surface area contributed by atoms with Crippen LogP contribution in [0.1, 0.15) is 54.9 Å². The number of likely N-dealkylation sites (tertiary alicyclic amines) is 1. The summed E-state index contributed by atoms with van der Waals surface area (Å²) in [7, 11) is 0. The van der Waals surface area contributed by atoms with Gasteiger partial charge in [-0.1, -0.05) is 0 Å². The van der Waals surface area contributed by atoms with Gasteiger partial charge in [-0.15, -0.1) is 10.2 Å². The zero-order chi connectivity index (χ0) is 16.1. The van der Waals surface area contributed by atoms with E-state index in [-0.39, 0.29) is 5.92 Å². The van der Waals surface area contributed by atoms with Crippen LogP contribution in [-0.4, -0.2) is 38.7 Å². The molecule has 1 aliphatic carbocycles. The van der Waals surface area contributed by atoms with Crippen LogP contribution in [0.15, 0.2) is 22.8 Å². The first-order chi connectivity index (χ1) is 11.8. The quantitative estimate of drug-likeness (QED) is 0.868. The number of amides is 1. The van der Waals surface area contributed by atoms with Crippen molar-refractivity contribution in [3.63, 3.8) is 0 Å². The van der Waals surface area contributed by atoms with E-state index >= 15 is 0 Å². The molecule has 2 fully saturated rings. The van der Waals surface area contributed by atoms with E-state index in [2.05, 4.69) is 14.8 Å². The number of aryl methyl sites for hydroxylation is 1. The fourth-order valence-electron chi connectivity index (χ4n) is 4.35. The Morgan fingerprint density at radius 1 is 1.21 bits per heavy atom. The molecule has 0 unspecified atom stereocenters. The zero-order valence-corrected chi connectivity index (χ0v) is 13.7. The Kier molecular flexibility index (Phi) is 3.24. The molecule has 1 amide bonds. The van der Waals surface area contributed by atoms with E-state index in [1.807, 2.05) is 17.0 Å². The molecule has 5 rings (SSSR count). The molecule has 6 heteroatoms. The predicted octanol–water partition coefficient (Wildman–Crippen LogP) is 2.33. The van der Waals surface area contributed by atoms with Gasteiger partial charge < -0.3 is 13.9 Å². The van der Waals surface area contributed by atoms with Gasteiger partial charge in [0, 0.05) is 43.8 Å². The van der Waals surface area contributed by atoms with Gasteiger partial charge in [-0.2, -0.15) is 0 Å². The highest BCUT2D eigenvalue weighted by Gasteiger charge is 2.48. The number of aromatic nitrogens is 3. The number of rotatable bonds is 3. The summed E-state index contributed by atoms with van der Waals surface area (Å²) in [6.07, 6.45) is 6.87. The first-order valence-corrected chi connectivity index (χ1v) is 9.05. The molecular weight excluding hydrogens is 304 g/mol. The van der Waals surface area contributed by atoms with Gasteiger partial charge in [0.15, 0.2) is 0 Å². The normalized spacial score (nSPS) is 26.6. The summed E-state index contributed by atoms with van der Waals surface area (Å²) in [5.41, 5.74) is 0. The van der Waals surface area contributed by atoms with Crippen molar-refractivity contribution in [2.24, 2.45) is 5.92 Å². The van der Waals surface area contributed by atoms with E-state index in [0.29, 0.717) is 17.7 Å². The number of carbonyl (C=O) groups excluding carboxylic acids is 1. The Labute approximate surface area is 140 Å². The molecule has 0 bridgehead atoms. The molecule has 2 aliphatic heterocycles. The number of carbonyl (C=O) groups is 1. The van der Waals surface area contributed by atoms with Gasteiger partial charge in [-0.3, -0.25) is 4.79 Å². The molecule has 4 heterocycles. The van der Waals surface area contributed by atoms with E-state index in [1.54, 1.807) is 6.26 Å². The van der Waals surface area contributed by atoms with E-state index in [9.17, 15) is 4.79 Å². The third kappa shape index (κ3) is 2.27. The van der Waals surface area contributed by atoms with Gasteiger partial charge in [-0.05, 0) is 37.8 Å². The molecule has 1 saturated carbocycles. The summed E-state index contributed by atoms with van der Waals surface area (Å²) in [5, 5.41) is 8.75.